The number of aryl methyl sites for hydroxylation is 1. The lowest BCUT2D eigenvalue weighted by atomic mass is 10.3. The van der Waals surface area contributed by atoms with E-state index in [4.69, 9.17) is 0 Å². The van der Waals surface area contributed by atoms with Gasteiger partial charge in [-0.1, -0.05) is 0 Å². The van der Waals surface area contributed by atoms with Crippen molar-refractivity contribution in [2.24, 2.45) is 0 Å². The van der Waals surface area contributed by atoms with Crippen molar-refractivity contribution in [3.8, 4) is 0 Å². The van der Waals surface area contributed by atoms with Crippen molar-refractivity contribution in [2.75, 3.05) is 10.6 Å². The van der Waals surface area contributed by atoms with Gasteiger partial charge in [0.25, 0.3) is 0 Å². The van der Waals surface area contributed by atoms with Crippen LogP contribution in [0.15, 0.2) is 53.3 Å². The lowest BCUT2D eigenvalue weighted by Gasteiger charge is -2.08. The molecule has 158 valence electrons. The third-order valence-corrected chi connectivity index (χ3v) is 4.30. The molecule has 2 aromatic heterocycles. The second kappa shape index (κ2) is 7.94. The summed E-state index contributed by atoms with van der Waals surface area (Å²) in [5, 5.41) is 9.31. The molecule has 0 unspecified atom stereocenters. The van der Waals surface area contributed by atoms with E-state index in [1.165, 1.54) is 24.3 Å². The van der Waals surface area contributed by atoms with Crippen molar-refractivity contribution < 1.29 is 18.0 Å². The third-order valence-electron chi connectivity index (χ3n) is 4.30. The van der Waals surface area contributed by atoms with Gasteiger partial charge in [-0.3, -0.25) is 4.79 Å². The number of nitrogens with zero attached hydrogens (tertiary/aromatic N) is 4. The van der Waals surface area contributed by atoms with Gasteiger partial charge in [-0.05, 0) is 43.3 Å². The lowest BCUT2D eigenvalue weighted by molar-refractivity contribution is -0.117. The monoisotopic (exact) mass is 428 g/mol. The highest BCUT2D eigenvalue weighted by Gasteiger charge is 2.16. The molecule has 2 N–H and O–H groups in total. The SMILES string of the molecule is Cc1cc2nn(CC(=O)Nc3ccc(F)cc3F)c(=O)n2c(Nc2ccc(F)cc2)n1. The zero-order chi connectivity index (χ0) is 22.1. The van der Waals surface area contributed by atoms with Crippen molar-refractivity contribution in [3.63, 3.8) is 0 Å². The normalized spacial score (nSPS) is 11.0. The van der Waals surface area contributed by atoms with E-state index in [0.29, 0.717) is 17.4 Å². The Kier molecular flexibility index (Phi) is 5.15. The molecule has 0 saturated heterocycles. The molecule has 4 aromatic rings. The second-order valence-corrected chi connectivity index (χ2v) is 6.66. The standard InChI is InChI=1S/C20H15F3N6O2/c1-11-8-17-27-28(10-18(30)26-16-7-4-13(22)9-15(16)23)20(31)29(17)19(24-11)25-14-5-2-12(21)3-6-14/h2-9H,10H2,1H3,(H,24,25)(H,26,30). The van der Waals surface area contributed by atoms with Gasteiger partial charge in [-0.15, -0.1) is 5.10 Å². The number of benzene rings is 2. The van der Waals surface area contributed by atoms with Crippen LogP contribution in [0, 0.1) is 24.4 Å². The Hall–Kier alpha value is -4.15. The van der Waals surface area contributed by atoms with Gasteiger partial charge in [-0.2, -0.15) is 0 Å². The van der Waals surface area contributed by atoms with Crippen LogP contribution >= 0.6 is 0 Å². The minimum absolute atomic E-state index is 0.128. The van der Waals surface area contributed by atoms with E-state index in [1.54, 1.807) is 13.0 Å². The smallest absolute Gasteiger partial charge is 0.325 e. The van der Waals surface area contributed by atoms with Crippen molar-refractivity contribution in [2.45, 2.75) is 13.5 Å². The molecule has 11 heteroatoms. The van der Waals surface area contributed by atoms with E-state index in [-0.39, 0.29) is 17.3 Å². The maximum atomic E-state index is 13.7. The minimum atomic E-state index is -0.943. The predicted octanol–water partition coefficient (Wildman–Crippen LogP) is 3.00. The first-order chi connectivity index (χ1) is 14.8. The quantitative estimate of drug-likeness (QED) is 0.510. The van der Waals surface area contributed by atoms with Gasteiger partial charge in [0.15, 0.2) is 5.65 Å². The fourth-order valence-corrected chi connectivity index (χ4v) is 2.92. The second-order valence-electron chi connectivity index (χ2n) is 6.66. The number of anilines is 3. The molecule has 0 aliphatic heterocycles. The number of carbonyl (C=O) groups excluding carboxylic acids is 1. The Bertz CT molecular complexity index is 1350. The van der Waals surface area contributed by atoms with Crippen LogP contribution in [-0.2, 0) is 11.3 Å². The molecule has 0 saturated carbocycles. The van der Waals surface area contributed by atoms with Crippen LogP contribution in [0.2, 0.25) is 0 Å². The molecule has 2 aromatic carbocycles. The van der Waals surface area contributed by atoms with Crippen LogP contribution < -0.4 is 16.3 Å². The number of nitrogens with one attached hydrogen (secondary N) is 2. The zero-order valence-corrected chi connectivity index (χ0v) is 16.1. The van der Waals surface area contributed by atoms with E-state index >= 15 is 0 Å². The number of hydrogen-bond donors (Lipinski definition) is 2. The van der Waals surface area contributed by atoms with Gasteiger partial charge < -0.3 is 10.6 Å². The summed E-state index contributed by atoms with van der Waals surface area (Å²) in [5.74, 6) is -2.74. The van der Waals surface area contributed by atoms with E-state index in [0.717, 1.165) is 21.2 Å². The van der Waals surface area contributed by atoms with Crippen LogP contribution in [0.3, 0.4) is 0 Å². The van der Waals surface area contributed by atoms with Gasteiger partial charge in [0.05, 0.1) is 5.69 Å². The molecular formula is C20H15F3N6O2. The first-order valence-electron chi connectivity index (χ1n) is 9.05. The van der Waals surface area contributed by atoms with Crippen LogP contribution in [-0.4, -0.2) is 25.1 Å². The van der Waals surface area contributed by atoms with Gasteiger partial charge in [0.1, 0.15) is 24.0 Å². The van der Waals surface area contributed by atoms with Crippen LogP contribution in [0.1, 0.15) is 5.69 Å². The lowest BCUT2D eigenvalue weighted by Crippen LogP contribution is -2.29. The molecule has 31 heavy (non-hydrogen) atoms. The molecule has 0 aliphatic rings. The summed E-state index contributed by atoms with van der Waals surface area (Å²) in [5.41, 5.74) is 0.376. The van der Waals surface area contributed by atoms with E-state index in [1.807, 2.05) is 0 Å². The van der Waals surface area contributed by atoms with Crippen molar-refractivity contribution in [1.82, 2.24) is 19.2 Å². The molecule has 8 nitrogen and oxygen atoms in total. The number of rotatable bonds is 5. The van der Waals surface area contributed by atoms with E-state index < -0.39 is 35.6 Å². The average molecular weight is 428 g/mol. The Morgan fingerprint density at radius 2 is 1.74 bits per heavy atom. The topological polar surface area (TPSA) is 93.3 Å². The summed E-state index contributed by atoms with van der Waals surface area (Å²) in [7, 11) is 0. The maximum absolute atomic E-state index is 13.7. The molecule has 0 atom stereocenters. The third kappa shape index (κ3) is 4.25. The van der Waals surface area contributed by atoms with Crippen molar-refractivity contribution in [3.05, 3.63) is 82.2 Å². The highest BCUT2D eigenvalue weighted by molar-refractivity contribution is 5.90. The summed E-state index contributed by atoms with van der Waals surface area (Å²) >= 11 is 0. The fraction of sp³-hybridized carbons (Fsp3) is 0.100. The van der Waals surface area contributed by atoms with Crippen LogP contribution in [0.25, 0.3) is 5.65 Å². The minimum Gasteiger partial charge on any atom is -0.325 e. The Morgan fingerprint density at radius 1 is 1.03 bits per heavy atom. The first kappa shape index (κ1) is 20.1. The van der Waals surface area contributed by atoms with Crippen molar-refractivity contribution in [1.29, 1.82) is 0 Å². The first-order valence-corrected chi connectivity index (χ1v) is 9.05. The number of halogens is 3. The fourth-order valence-electron chi connectivity index (χ4n) is 2.92. The summed E-state index contributed by atoms with van der Waals surface area (Å²) in [6.07, 6.45) is 0. The number of amides is 1. The molecule has 2 heterocycles. The number of fused-ring (bicyclic) bond motifs is 1. The molecule has 4 rings (SSSR count). The van der Waals surface area contributed by atoms with Crippen LogP contribution in [0.4, 0.5) is 30.5 Å². The summed E-state index contributed by atoms with van der Waals surface area (Å²) in [6, 6.07) is 9.71. The molecule has 0 aliphatic carbocycles. The number of aromatic nitrogens is 4. The van der Waals surface area contributed by atoms with Gasteiger partial charge in [0.2, 0.25) is 11.9 Å². The molecular weight excluding hydrogens is 413 g/mol. The number of hydrogen-bond acceptors (Lipinski definition) is 5. The number of carbonyl (C=O) groups is 1. The molecule has 0 spiro atoms. The highest BCUT2D eigenvalue weighted by Crippen LogP contribution is 2.17. The van der Waals surface area contributed by atoms with E-state index in [2.05, 4.69) is 20.7 Å². The predicted molar refractivity (Wildman–Crippen MR) is 107 cm³/mol. The Balaban J connectivity index is 1.63. The van der Waals surface area contributed by atoms with Crippen molar-refractivity contribution >= 4 is 28.9 Å². The Labute approximate surface area is 173 Å². The van der Waals surface area contributed by atoms with Gasteiger partial charge >= 0.3 is 5.69 Å². The molecule has 0 fully saturated rings. The molecule has 0 bridgehead atoms. The summed E-state index contributed by atoms with van der Waals surface area (Å²) in [4.78, 5) is 29.4. The maximum Gasteiger partial charge on any atom is 0.353 e. The summed E-state index contributed by atoms with van der Waals surface area (Å²) < 4.78 is 41.9. The van der Waals surface area contributed by atoms with Gasteiger partial charge in [0, 0.05) is 23.5 Å². The average Bonchev–Trinajstić information content (AvgIpc) is 3.01. The summed E-state index contributed by atoms with van der Waals surface area (Å²) in [6.45, 7) is 1.19. The largest absolute Gasteiger partial charge is 0.353 e. The zero-order valence-electron chi connectivity index (χ0n) is 16.1. The highest BCUT2D eigenvalue weighted by atomic mass is 19.1. The van der Waals surface area contributed by atoms with Crippen LogP contribution in [0.5, 0.6) is 0 Å². The molecule has 0 radical (unpaired) electrons. The van der Waals surface area contributed by atoms with Gasteiger partial charge in [-0.25, -0.2) is 32.0 Å². The molecule has 1 amide bonds. The van der Waals surface area contributed by atoms with E-state index in [9.17, 15) is 22.8 Å². The Morgan fingerprint density at radius 3 is 2.45 bits per heavy atom.